The van der Waals surface area contributed by atoms with Crippen LogP contribution in [0.15, 0.2) is 18.2 Å². The van der Waals surface area contributed by atoms with Crippen LogP contribution >= 0.6 is 0 Å². The molecule has 0 aliphatic carbocycles. The van der Waals surface area contributed by atoms with Crippen molar-refractivity contribution in [2.45, 2.75) is 46.6 Å². The first-order valence-electron chi connectivity index (χ1n) is 6.55. The van der Waals surface area contributed by atoms with Crippen LogP contribution in [0.25, 0.3) is 0 Å². The summed E-state index contributed by atoms with van der Waals surface area (Å²) in [6.45, 7) is 8.48. The molecule has 0 heterocycles. The van der Waals surface area contributed by atoms with Gasteiger partial charge in [-0.15, -0.1) is 0 Å². The molecule has 1 aromatic carbocycles. The lowest BCUT2D eigenvalue weighted by molar-refractivity contribution is 0.0376. The predicted molar refractivity (Wildman–Crippen MR) is 72.2 cm³/mol. The van der Waals surface area contributed by atoms with Crippen LogP contribution in [0.5, 0.6) is 5.75 Å². The van der Waals surface area contributed by atoms with Gasteiger partial charge in [0, 0.05) is 0 Å². The topological polar surface area (TPSA) is 35.5 Å². The van der Waals surface area contributed by atoms with Gasteiger partial charge in [0.05, 0.1) is 18.3 Å². The SMILES string of the molecule is CCCOc1ccc(C(=O)OC(C)C)c(CC)c1. The lowest BCUT2D eigenvalue weighted by atomic mass is 10.0. The number of carbonyl (C=O) groups is 1. The Morgan fingerprint density at radius 1 is 1.28 bits per heavy atom. The summed E-state index contributed by atoms with van der Waals surface area (Å²) in [5.74, 6) is 0.554. The molecule has 0 bridgehead atoms. The van der Waals surface area contributed by atoms with Crippen LogP contribution in [-0.2, 0) is 11.2 Å². The van der Waals surface area contributed by atoms with E-state index in [9.17, 15) is 4.79 Å². The Morgan fingerprint density at radius 3 is 2.56 bits per heavy atom. The second kappa shape index (κ2) is 7.04. The minimum atomic E-state index is -0.260. The standard InChI is InChI=1S/C15H22O3/c1-5-9-17-13-7-8-14(12(6-2)10-13)15(16)18-11(3)4/h7-8,10-11H,5-6,9H2,1-4H3. The molecule has 0 amide bonds. The van der Waals surface area contributed by atoms with E-state index in [0.717, 1.165) is 24.2 Å². The van der Waals surface area contributed by atoms with Gasteiger partial charge in [-0.1, -0.05) is 13.8 Å². The van der Waals surface area contributed by atoms with Crippen molar-refractivity contribution in [3.05, 3.63) is 29.3 Å². The van der Waals surface area contributed by atoms with Crippen molar-refractivity contribution < 1.29 is 14.3 Å². The number of ether oxygens (including phenoxy) is 2. The van der Waals surface area contributed by atoms with Crippen molar-refractivity contribution in [2.75, 3.05) is 6.61 Å². The quantitative estimate of drug-likeness (QED) is 0.724. The van der Waals surface area contributed by atoms with Gasteiger partial charge >= 0.3 is 5.97 Å². The van der Waals surface area contributed by atoms with Gasteiger partial charge in [-0.2, -0.15) is 0 Å². The number of esters is 1. The first-order chi connectivity index (χ1) is 8.58. The van der Waals surface area contributed by atoms with Crippen molar-refractivity contribution in [3.63, 3.8) is 0 Å². The molecule has 1 aromatic rings. The van der Waals surface area contributed by atoms with E-state index in [4.69, 9.17) is 9.47 Å². The van der Waals surface area contributed by atoms with Gasteiger partial charge in [-0.3, -0.25) is 0 Å². The maximum atomic E-state index is 11.9. The molecule has 1 rings (SSSR count). The van der Waals surface area contributed by atoms with Gasteiger partial charge in [0.1, 0.15) is 5.75 Å². The summed E-state index contributed by atoms with van der Waals surface area (Å²) in [5.41, 5.74) is 1.60. The largest absolute Gasteiger partial charge is 0.494 e. The molecule has 3 nitrogen and oxygen atoms in total. The first kappa shape index (κ1) is 14.6. The van der Waals surface area contributed by atoms with Crippen LogP contribution < -0.4 is 4.74 Å². The molecule has 0 aliphatic rings. The van der Waals surface area contributed by atoms with E-state index in [0.29, 0.717) is 12.2 Å². The van der Waals surface area contributed by atoms with Crippen molar-refractivity contribution in [1.82, 2.24) is 0 Å². The minimum absolute atomic E-state index is 0.0989. The molecular formula is C15H22O3. The van der Waals surface area contributed by atoms with Crippen LogP contribution in [0.2, 0.25) is 0 Å². The highest BCUT2D eigenvalue weighted by molar-refractivity contribution is 5.91. The van der Waals surface area contributed by atoms with Crippen LogP contribution in [0.1, 0.15) is 50.0 Å². The van der Waals surface area contributed by atoms with Crippen molar-refractivity contribution >= 4 is 5.97 Å². The number of benzene rings is 1. The van der Waals surface area contributed by atoms with E-state index in [2.05, 4.69) is 6.92 Å². The van der Waals surface area contributed by atoms with Crippen molar-refractivity contribution in [2.24, 2.45) is 0 Å². The predicted octanol–water partition coefficient (Wildman–Crippen LogP) is 3.60. The molecule has 0 aromatic heterocycles. The normalized spacial score (nSPS) is 10.5. The van der Waals surface area contributed by atoms with E-state index in [-0.39, 0.29) is 12.1 Å². The van der Waals surface area contributed by atoms with Gasteiger partial charge in [0.25, 0.3) is 0 Å². The summed E-state index contributed by atoms with van der Waals surface area (Å²) in [6, 6.07) is 5.53. The average molecular weight is 250 g/mol. The first-order valence-corrected chi connectivity index (χ1v) is 6.55. The second-order valence-electron chi connectivity index (χ2n) is 4.48. The van der Waals surface area contributed by atoms with E-state index < -0.39 is 0 Å². The molecule has 0 radical (unpaired) electrons. The highest BCUT2D eigenvalue weighted by Gasteiger charge is 2.14. The molecule has 0 N–H and O–H groups in total. The van der Waals surface area contributed by atoms with E-state index >= 15 is 0 Å². The van der Waals surface area contributed by atoms with E-state index in [1.807, 2.05) is 32.9 Å². The number of carbonyl (C=O) groups excluding carboxylic acids is 1. The Morgan fingerprint density at radius 2 is 2.00 bits per heavy atom. The number of hydrogen-bond donors (Lipinski definition) is 0. The zero-order valence-electron chi connectivity index (χ0n) is 11.7. The molecule has 100 valence electrons. The fraction of sp³-hybridized carbons (Fsp3) is 0.533. The van der Waals surface area contributed by atoms with E-state index in [1.165, 1.54) is 0 Å². The molecule has 0 atom stereocenters. The number of hydrogen-bond acceptors (Lipinski definition) is 3. The Hall–Kier alpha value is -1.51. The summed E-state index contributed by atoms with van der Waals surface area (Å²) in [4.78, 5) is 11.9. The third kappa shape index (κ3) is 4.06. The molecule has 18 heavy (non-hydrogen) atoms. The number of rotatable bonds is 6. The number of aryl methyl sites for hydroxylation is 1. The highest BCUT2D eigenvalue weighted by Crippen LogP contribution is 2.20. The molecular weight excluding hydrogens is 228 g/mol. The zero-order valence-corrected chi connectivity index (χ0v) is 11.7. The van der Waals surface area contributed by atoms with Crippen LogP contribution in [0.4, 0.5) is 0 Å². The Bertz CT molecular complexity index is 397. The fourth-order valence-corrected chi connectivity index (χ4v) is 1.65. The maximum absolute atomic E-state index is 11.9. The van der Waals surface area contributed by atoms with Crippen LogP contribution in [0.3, 0.4) is 0 Å². The molecule has 0 saturated carbocycles. The Kier molecular flexibility index (Phi) is 5.69. The fourth-order valence-electron chi connectivity index (χ4n) is 1.65. The minimum Gasteiger partial charge on any atom is -0.494 e. The van der Waals surface area contributed by atoms with Gasteiger partial charge in [-0.05, 0) is 50.5 Å². The van der Waals surface area contributed by atoms with Crippen molar-refractivity contribution in [1.29, 1.82) is 0 Å². The summed E-state index contributed by atoms with van der Waals surface area (Å²) in [7, 11) is 0. The Balaban J connectivity index is 2.89. The summed E-state index contributed by atoms with van der Waals surface area (Å²) in [5, 5.41) is 0. The highest BCUT2D eigenvalue weighted by atomic mass is 16.5. The summed E-state index contributed by atoms with van der Waals surface area (Å²) < 4.78 is 10.8. The average Bonchev–Trinajstić information content (AvgIpc) is 2.35. The zero-order chi connectivity index (χ0) is 13.5. The second-order valence-corrected chi connectivity index (χ2v) is 4.48. The molecule has 0 fully saturated rings. The Labute approximate surface area is 109 Å². The van der Waals surface area contributed by atoms with Gasteiger partial charge in [-0.25, -0.2) is 4.79 Å². The van der Waals surface area contributed by atoms with Gasteiger partial charge in [0.2, 0.25) is 0 Å². The van der Waals surface area contributed by atoms with Crippen LogP contribution in [0, 0.1) is 0 Å². The smallest absolute Gasteiger partial charge is 0.338 e. The van der Waals surface area contributed by atoms with Gasteiger partial charge < -0.3 is 9.47 Å². The summed E-state index contributed by atoms with van der Waals surface area (Å²) >= 11 is 0. The summed E-state index contributed by atoms with van der Waals surface area (Å²) in [6.07, 6.45) is 1.66. The molecule has 0 spiro atoms. The third-order valence-corrected chi connectivity index (χ3v) is 2.49. The molecule has 0 unspecified atom stereocenters. The maximum Gasteiger partial charge on any atom is 0.338 e. The lowest BCUT2D eigenvalue weighted by Gasteiger charge is -2.12. The molecule has 3 heteroatoms. The monoisotopic (exact) mass is 250 g/mol. The van der Waals surface area contributed by atoms with Crippen LogP contribution in [-0.4, -0.2) is 18.7 Å². The van der Waals surface area contributed by atoms with Gasteiger partial charge in [0.15, 0.2) is 0 Å². The molecule has 0 saturated heterocycles. The van der Waals surface area contributed by atoms with E-state index in [1.54, 1.807) is 6.07 Å². The third-order valence-electron chi connectivity index (χ3n) is 2.49. The van der Waals surface area contributed by atoms with Crippen molar-refractivity contribution in [3.8, 4) is 5.75 Å². The molecule has 0 aliphatic heterocycles. The lowest BCUT2D eigenvalue weighted by Crippen LogP contribution is -2.13.